The van der Waals surface area contributed by atoms with Crippen LogP contribution in [0.3, 0.4) is 0 Å². The number of carboxylic acids is 1. The van der Waals surface area contributed by atoms with Crippen LogP contribution in [0.15, 0.2) is 66.7 Å². The molecule has 0 unspecified atom stereocenters. The maximum Gasteiger partial charge on any atom is 0.306 e. The second kappa shape index (κ2) is 18.3. The molecule has 57 heavy (non-hydrogen) atoms. The van der Waals surface area contributed by atoms with Crippen molar-refractivity contribution >= 4 is 47.0 Å². The fraction of sp³-hybridized carbons (Fsp3) is 0.400. The maximum atomic E-state index is 11.6. The molecule has 4 aromatic rings. The van der Waals surface area contributed by atoms with Crippen molar-refractivity contribution in [3.05, 3.63) is 99.0 Å². The number of benzene rings is 4. The molecule has 2 saturated carbocycles. The van der Waals surface area contributed by atoms with E-state index < -0.39 is 5.97 Å². The van der Waals surface area contributed by atoms with Crippen LogP contribution in [-0.4, -0.2) is 67.0 Å². The van der Waals surface area contributed by atoms with E-state index in [1.165, 1.54) is 6.21 Å². The van der Waals surface area contributed by atoms with Crippen molar-refractivity contribution < 1.29 is 24.2 Å². The highest BCUT2D eigenvalue weighted by atomic mass is 35.5. The molecule has 4 aromatic carbocycles. The minimum absolute atomic E-state index is 0.105. The van der Waals surface area contributed by atoms with Gasteiger partial charge in [0.25, 0.3) is 0 Å². The topological polar surface area (TPSA) is 136 Å². The van der Waals surface area contributed by atoms with Gasteiger partial charge in [0.1, 0.15) is 11.5 Å². The van der Waals surface area contributed by atoms with Crippen LogP contribution in [0, 0.1) is 11.3 Å². The Morgan fingerprint density at radius 3 is 2.21 bits per heavy atom. The SMILES string of the molecule is COc1cc(-c2cccc(-c3cccc(NCc4cc(OC)c(CN(C5CCC(C(=O)O)CC5)C5CC5)cc4Cl)c3C=N)c2Cl)ccc1CNC[C@@H]1CCC(=O)N1. The van der Waals surface area contributed by atoms with Crippen LogP contribution in [0.2, 0.25) is 10.0 Å². The first-order valence-corrected chi connectivity index (χ1v) is 20.6. The predicted octanol–water partition coefficient (Wildman–Crippen LogP) is 8.93. The van der Waals surface area contributed by atoms with E-state index in [0.717, 1.165) is 101 Å². The second-order valence-electron chi connectivity index (χ2n) is 15.4. The summed E-state index contributed by atoms with van der Waals surface area (Å²) in [6.45, 7) is 2.42. The summed E-state index contributed by atoms with van der Waals surface area (Å²) in [7, 11) is 3.34. The summed E-state index contributed by atoms with van der Waals surface area (Å²) in [6, 6.07) is 22.9. The van der Waals surface area contributed by atoms with Crippen molar-refractivity contribution in [2.45, 2.75) is 89.1 Å². The summed E-state index contributed by atoms with van der Waals surface area (Å²) >= 11 is 14.2. The lowest BCUT2D eigenvalue weighted by atomic mass is 9.85. The number of carbonyl (C=O) groups excluding carboxylic acids is 1. The van der Waals surface area contributed by atoms with Crippen LogP contribution in [0.25, 0.3) is 22.3 Å². The lowest BCUT2D eigenvalue weighted by molar-refractivity contribution is -0.143. The van der Waals surface area contributed by atoms with Gasteiger partial charge in [-0.2, -0.15) is 0 Å². The largest absolute Gasteiger partial charge is 0.496 e. The molecule has 1 amide bonds. The van der Waals surface area contributed by atoms with Crippen LogP contribution in [0.4, 0.5) is 5.69 Å². The molecule has 0 aromatic heterocycles. The first-order chi connectivity index (χ1) is 27.7. The number of nitrogens with zero attached hydrogens (tertiary/aromatic N) is 1. The standard InChI is InChI=1S/C45H51Cl2N5O5/c1-56-41-20-28(9-10-29(41)23-49-25-32-13-18-43(53)51-32)35-5-3-7-37(44(35)47)36-6-4-8-40(38(36)22-48)50-24-30-21-42(57-2)31(19-39(30)46)26-52(34-16-17-34)33-14-11-27(12-15-33)45(54)55/h3-10,19-22,27,32-34,48-50H,11-18,23-26H2,1-2H3,(H,51,53)(H,54,55)/t27?,32-,33?/m0/s1. The highest BCUT2D eigenvalue weighted by Crippen LogP contribution is 2.41. The summed E-state index contributed by atoms with van der Waals surface area (Å²) in [6.07, 6.45) is 8.30. The van der Waals surface area contributed by atoms with Crippen LogP contribution >= 0.6 is 23.2 Å². The molecule has 2 aliphatic carbocycles. The summed E-state index contributed by atoms with van der Waals surface area (Å²) < 4.78 is 11.7. The van der Waals surface area contributed by atoms with Crippen LogP contribution in [-0.2, 0) is 29.2 Å². The molecule has 5 N–H and O–H groups in total. The number of amides is 1. The third-order valence-electron chi connectivity index (χ3n) is 11.7. The van der Waals surface area contributed by atoms with Crippen molar-refractivity contribution in [1.82, 2.24) is 15.5 Å². The molecule has 3 fully saturated rings. The van der Waals surface area contributed by atoms with Crippen LogP contribution in [0.1, 0.15) is 73.6 Å². The summed E-state index contributed by atoms with van der Waals surface area (Å²) in [5.74, 6) is 0.696. The molecule has 7 rings (SSSR count). The van der Waals surface area contributed by atoms with Crippen molar-refractivity contribution in [2.24, 2.45) is 5.92 Å². The Balaban J connectivity index is 1.06. The molecule has 300 valence electrons. The summed E-state index contributed by atoms with van der Waals surface area (Å²) in [4.78, 5) is 25.7. The first kappa shape index (κ1) is 40.6. The molecule has 1 heterocycles. The summed E-state index contributed by atoms with van der Waals surface area (Å²) in [5.41, 5.74) is 7.77. The Hall–Kier alpha value is -4.61. The number of aliphatic carboxylic acids is 1. The van der Waals surface area contributed by atoms with Gasteiger partial charge < -0.3 is 35.9 Å². The highest BCUT2D eigenvalue weighted by molar-refractivity contribution is 6.36. The van der Waals surface area contributed by atoms with Crippen LogP contribution in [0.5, 0.6) is 11.5 Å². The van der Waals surface area contributed by atoms with Crippen molar-refractivity contribution in [2.75, 3.05) is 26.1 Å². The highest BCUT2D eigenvalue weighted by Gasteiger charge is 2.37. The molecule has 0 spiro atoms. The molecule has 3 aliphatic rings. The molecule has 1 saturated heterocycles. The monoisotopic (exact) mass is 811 g/mol. The Labute approximate surface area is 344 Å². The Bertz CT molecular complexity index is 2120. The third kappa shape index (κ3) is 9.41. The molecule has 12 heteroatoms. The van der Waals surface area contributed by atoms with Gasteiger partial charge in [-0.1, -0.05) is 65.7 Å². The zero-order chi connectivity index (χ0) is 40.1. The fourth-order valence-electron chi connectivity index (χ4n) is 8.43. The van der Waals surface area contributed by atoms with Crippen LogP contribution < -0.4 is 25.4 Å². The third-order valence-corrected chi connectivity index (χ3v) is 12.5. The maximum absolute atomic E-state index is 11.6. The van der Waals surface area contributed by atoms with E-state index in [-0.39, 0.29) is 17.9 Å². The van der Waals surface area contributed by atoms with Crippen molar-refractivity contribution in [3.63, 3.8) is 0 Å². The van der Waals surface area contributed by atoms with E-state index in [4.69, 9.17) is 38.1 Å². The number of halogens is 2. The predicted molar refractivity (Wildman–Crippen MR) is 227 cm³/mol. The molecule has 10 nitrogen and oxygen atoms in total. The minimum Gasteiger partial charge on any atom is -0.496 e. The molecule has 1 aliphatic heterocycles. The Kier molecular flexibility index (Phi) is 13.0. The number of carbonyl (C=O) groups is 2. The zero-order valence-electron chi connectivity index (χ0n) is 32.5. The molecular formula is C45H51Cl2N5O5. The Morgan fingerprint density at radius 1 is 0.860 bits per heavy atom. The van der Waals surface area contributed by atoms with Gasteiger partial charge in [-0.25, -0.2) is 0 Å². The van der Waals surface area contributed by atoms with Gasteiger partial charge in [-0.15, -0.1) is 0 Å². The number of anilines is 1. The molecular weight excluding hydrogens is 761 g/mol. The number of carboxylic acid groups (broad SMARTS) is 1. The van der Waals surface area contributed by atoms with Gasteiger partial charge in [0, 0.05) is 95.5 Å². The van der Waals surface area contributed by atoms with E-state index in [0.29, 0.717) is 60.3 Å². The lowest BCUT2D eigenvalue weighted by Gasteiger charge is -2.36. The smallest absolute Gasteiger partial charge is 0.306 e. The van der Waals surface area contributed by atoms with E-state index in [1.807, 2.05) is 66.7 Å². The summed E-state index contributed by atoms with van der Waals surface area (Å²) in [5, 5.41) is 29.1. The minimum atomic E-state index is -0.681. The van der Waals surface area contributed by atoms with E-state index in [2.05, 4.69) is 20.9 Å². The molecule has 0 radical (unpaired) electrons. The van der Waals surface area contributed by atoms with Gasteiger partial charge >= 0.3 is 5.97 Å². The number of ether oxygens (including phenoxy) is 2. The van der Waals surface area contributed by atoms with Gasteiger partial charge in [0.15, 0.2) is 0 Å². The lowest BCUT2D eigenvalue weighted by Crippen LogP contribution is -2.40. The number of methoxy groups -OCH3 is 2. The number of nitrogens with one attached hydrogen (secondary N) is 4. The van der Waals surface area contributed by atoms with Gasteiger partial charge in [0.2, 0.25) is 5.91 Å². The Morgan fingerprint density at radius 2 is 1.54 bits per heavy atom. The van der Waals surface area contributed by atoms with E-state index in [1.54, 1.807) is 14.2 Å². The average Bonchev–Trinajstić information content (AvgIpc) is 3.99. The average molecular weight is 813 g/mol. The fourth-order valence-corrected chi connectivity index (χ4v) is 9.02. The molecule has 0 bridgehead atoms. The van der Waals surface area contributed by atoms with Gasteiger partial charge in [-0.05, 0) is 85.9 Å². The van der Waals surface area contributed by atoms with Crippen molar-refractivity contribution in [3.8, 4) is 33.8 Å². The molecule has 1 atom stereocenters. The number of rotatable bonds is 17. The number of hydrogen-bond acceptors (Lipinski definition) is 8. The van der Waals surface area contributed by atoms with Gasteiger partial charge in [0.05, 0.1) is 25.2 Å². The van der Waals surface area contributed by atoms with E-state index >= 15 is 0 Å². The normalized spacial score (nSPS) is 19.3. The quantitative estimate of drug-likeness (QED) is 0.0668. The zero-order valence-corrected chi connectivity index (χ0v) is 34.0. The first-order valence-electron chi connectivity index (χ1n) is 19.8. The van der Waals surface area contributed by atoms with Gasteiger partial charge in [-0.3, -0.25) is 14.5 Å². The second-order valence-corrected chi connectivity index (χ2v) is 16.2. The number of hydrogen-bond donors (Lipinski definition) is 5. The van der Waals surface area contributed by atoms with Crippen molar-refractivity contribution in [1.29, 1.82) is 5.41 Å². The van der Waals surface area contributed by atoms with E-state index in [9.17, 15) is 14.7 Å².